The second-order valence-corrected chi connectivity index (χ2v) is 18.4. The van der Waals surface area contributed by atoms with Crippen molar-refractivity contribution >= 4 is 55.0 Å². The number of para-hydroxylation sites is 1. The molecule has 0 saturated heterocycles. The Hall–Kier alpha value is -8.18. The normalized spacial score (nSPS) is 14.2. The van der Waals surface area contributed by atoms with E-state index in [9.17, 15) is 0 Å². The molecule has 0 radical (unpaired) electrons. The van der Waals surface area contributed by atoms with Gasteiger partial charge >= 0.3 is 0 Å². The van der Waals surface area contributed by atoms with Gasteiger partial charge in [-0.2, -0.15) is 9.97 Å². The molecule has 2 aromatic heterocycles. The molecule has 0 spiro atoms. The molecule has 1 unspecified atom stereocenters. The first kappa shape index (κ1) is 39.2. The Balaban J connectivity index is 0.808. The molecule has 0 aliphatic heterocycles. The smallest absolute Gasteiger partial charge is 0.226 e. The summed E-state index contributed by atoms with van der Waals surface area (Å²) in [5.74, 6) is 1.08. The SMILES string of the molecule is CC1(Cc2ccc(-c3ccc(-c4nc(Cl)nc(-c5ccc(-c6ccccc6)cc5)n4)cc3)cc2)c2ccc(-c3cccc4c3[nH]c3cc5ccccc5cc34)cc2-c2c1ccc1ccccc21. The number of fused-ring (bicyclic) bond motifs is 9. The Bertz CT molecular complexity index is 3890. The fourth-order valence-electron chi connectivity index (χ4n) is 10.7. The van der Waals surface area contributed by atoms with Crippen LogP contribution in [0.15, 0.2) is 212 Å². The third-order valence-corrected chi connectivity index (χ3v) is 14.2. The lowest BCUT2D eigenvalue weighted by molar-refractivity contribution is 0.583. The molecule has 316 valence electrons. The third-order valence-electron chi connectivity index (χ3n) is 14.1. The van der Waals surface area contributed by atoms with Crippen LogP contribution in [-0.4, -0.2) is 19.9 Å². The molecule has 0 fully saturated rings. The molecule has 5 heteroatoms. The van der Waals surface area contributed by atoms with Crippen LogP contribution in [-0.2, 0) is 11.8 Å². The number of aromatic nitrogens is 4. The standard InChI is InChI=1S/C62H41ClN4/c1-62(37-38-18-20-40(21-19-38)42-24-28-45(29-25-42)60-65-59(66-61(63)67-60)44-26-22-41(23-27-44)39-10-3-2-4-11-39)54-32-31-48(35-53(54)57-49-15-8-7-12-43(49)30-33-55(57)62)50-16-9-17-51-52-34-46-13-5-6-14-47(46)36-56(52)64-58(50)51/h2-36,64H,37H2,1H3. The van der Waals surface area contributed by atoms with E-state index in [0.717, 1.165) is 45.3 Å². The Morgan fingerprint density at radius 1 is 0.418 bits per heavy atom. The molecule has 1 aliphatic rings. The molecule has 13 rings (SSSR count). The van der Waals surface area contributed by atoms with Crippen molar-refractivity contribution in [3.05, 3.63) is 234 Å². The van der Waals surface area contributed by atoms with E-state index in [-0.39, 0.29) is 10.7 Å². The van der Waals surface area contributed by atoms with Crippen LogP contribution in [0.5, 0.6) is 0 Å². The number of nitrogens with one attached hydrogen (secondary N) is 1. The first-order chi connectivity index (χ1) is 32.9. The van der Waals surface area contributed by atoms with Gasteiger partial charge in [0.15, 0.2) is 11.6 Å². The van der Waals surface area contributed by atoms with Gasteiger partial charge in [-0.25, -0.2) is 4.98 Å². The van der Waals surface area contributed by atoms with Gasteiger partial charge < -0.3 is 4.98 Å². The van der Waals surface area contributed by atoms with E-state index in [1.807, 2.05) is 30.3 Å². The van der Waals surface area contributed by atoms with E-state index in [4.69, 9.17) is 16.6 Å². The van der Waals surface area contributed by atoms with Gasteiger partial charge in [-0.3, -0.25) is 0 Å². The zero-order chi connectivity index (χ0) is 44.6. The van der Waals surface area contributed by atoms with Gasteiger partial charge in [0.1, 0.15) is 0 Å². The molecule has 0 bridgehead atoms. The highest BCUT2D eigenvalue weighted by atomic mass is 35.5. The maximum absolute atomic E-state index is 6.49. The summed E-state index contributed by atoms with van der Waals surface area (Å²) in [5, 5.41) is 7.72. The summed E-state index contributed by atoms with van der Waals surface area (Å²) in [5.41, 5.74) is 17.5. The van der Waals surface area contributed by atoms with Crippen molar-refractivity contribution in [3.8, 4) is 67.3 Å². The lowest BCUT2D eigenvalue weighted by Gasteiger charge is -2.28. The molecule has 1 aliphatic carbocycles. The maximum Gasteiger partial charge on any atom is 0.226 e. The third kappa shape index (κ3) is 6.63. The van der Waals surface area contributed by atoms with E-state index in [2.05, 4.69) is 204 Å². The minimum atomic E-state index is -0.238. The number of nitrogens with zero attached hydrogens (tertiary/aromatic N) is 3. The van der Waals surface area contributed by atoms with E-state index < -0.39 is 0 Å². The largest absolute Gasteiger partial charge is 0.354 e. The minimum absolute atomic E-state index is 0.165. The van der Waals surface area contributed by atoms with Crippen LogP contribution in [0.1, 0.15) is 23.6 Å². The predicted molar refractivity (Wildman–Crippen MR) is 278 cm³/mol. The van der Waals surface area contributed by atoms with Crippen LogP contribution in [0.2, 0.25) is 5.28 Å². The van der Waals surface area contributed by atoms with Gasteiger partial charge in [-0.05, 0) is 113 Å². The van der Waals surface area contributed by atoms with Crippen LogP contribution < -0.4 is 0 Å². The molecule has 12 aromatic rings. The van der Waals surface area contributed by atoms with Gasteiger partial charge in [-0.1, -0.05) is 201 Å². The summed E-state index contributed by atoms with van der Waals surface area (Å²) in [6, 6.07) is 76.6. The van der Waals surface area contributed by atoms with E-state index in [0.29, 0.717) is 11.6 Å². The number of hydrogen-bond donors (Lipinski definition) is 1. The van der Waals surface area contributed by atoms with Crippen molar-refractivity contribution in [1.29, 1.82) is 0 Å². The second kappa shape index (κ2) is 15.5. The Morgan fingerprint density at radius 2 is 0.970 bits per heavy atom. The second-order valence-electron chi connectivity index (χ2n) is 18.0. The van der Waals surface area contributed by atoms with Crippen molar-refractivity contribution in [2.75, 3.05) is 0 Å². The first-order valence-electron chi connectivity index (χ1n) is 22.8. The quantitative estimate of drug-likeness (QED) is 0.174. The molecule has 2 heterocycles. The molecular formula is C62H41ClN4. The number of rotatable bonds is 7. The molecular weight excluding hydrogens is 836 g/mol. The fraction of sp³-hybridized carbons (Fsp3) is 0.0484. The Kier molecular flexibility index (Phi) is 9.06. The summed E-state index contributed by atoms with van der Waals surface area (Å²) in [6.07, 6.45) is 0.868. The van der Waals surface area contributed by atoms with Crippen LogP contribution in [0.25, 0.3) is 111 Å². The van der Waals surface area contributed by atoms with Crippen LogP contribution in [0, 0.1) is 0 Å². The highest BCUT2D eigenvalue weighted by Gasteiger charge is 2.40. The van der Waals surface area contributed by atoms with Gasteiger partial charge in [0, 0.05) is 38.4 Å². The topological polar surface area (TPSA) is 54.5 Å². The number of halogens is 1. The fourth-order valence-corrected chi connectivity index (χ4v) is 10.9. The van der Waals surface area contributed by atoms with Crippen molar-refractivity contribution in [1.82, 2.24) is 19.9 Å². The summed E-state index contributed by atoms with van der Waals surface area (Å²) in [4.78, 5) is 17.6. The first-order valence-corrected chi connectivity index (χ1v) is 23.2. The summed E-state index contributed by atoms with van der Waals surface area (Å²) in [7, 11) is 0. The highest BCUT2D eigenvalue weighted by Crippen LogP contribution is 2.54. The summed E-state index contributed by atoms with van der Waals surface area (Å²) < 4.78 is 0. The van der Waals surface area contributed by atoms with Gasteiger partial charge in [0.25, 0.3) is 0 Å². The molecule has 0 amide bonds. The predicted octanol–water partition coefficient (Wildman–Crippen LogP) is 16.3. The van der Waals surface area contributed by atoms with Crippen LogP contribution in [0.4, 0.5) is 0 Å². The van der Waals surface area contributed by atoms with Gasteiger partial charge in [0.05, 0.1) is 5.52 Å². The lowest BCUT2D eigenvalue weighted by atomic mass is 9.75. The number of benzene rings is 10. The zero-order valence-electron chi connectivity index (χ0n) is 36.6. The molecule has 1 N–H and O–H groups in total. The van der Waals surface area contributed by atoms with E-state index in [1.165, 1.54) is 76.8 Å². The molecule has 67 heavy (non-hydrogen) atoms. The minimum Gasteiger partial charge on any atom is -0.354 e. The van der Waals surface area contributed by atoms with Gasteiger partial charge in [-0.15, -0.1) is 0 Å². The van der Waals surface area contributed by atoms with Gasteiger partial charge in [0.2, 0.25) is 5.28 Å². The number of aromatic amines is 1. The highest BCUT2D eigenvalue weighted by molar-refractivity contribution is 6.28. The summed E-state index contributed by atoms with van der Waals surface area (Å²) in [6.45, 7) is 2.43. The van der Waals surface area contributed by atoms with Crippen LogP contribution in [0.3, 0.4) is 0 Å². The van der Waals surface area contributed by atoms with E-state index >= 15 is 0 Å². The van der Waals surface area contributed by atoms with Crippen molar-refractivity contribution < 1.29 is 0 Å². The molecule has 1 atom stereocenters. The van der Waals surface area contributed by atoms with Crippen molar-refractivity contribution in [2.45, 2.75) is 18.8 Å². The summed E-state index contributed by atoms with van der Waals surface area (Å²) >= 11 is 6.49. The Morgan fingerprint density at radius 3 is 1.67 bits per heavy atom. The van der Waals surface area contributed by atoms with Crippen molar-refractivity contribution in [3.63, 3.8) is 0 Å². The molecule has 10 aromatic carbocycles. The van der Waals surface area contributed by atoms with Crippen LogP contribution >= 0.6 is 11.6 Å². The van der Waals surface area contributed by atoms with Crippen molar-refractivity contribution in [2.24, 2.45) is 0 Å². The molecule has 4 nitrogen and oxygen atoms in total. The van der Waals surface area contributed by atoms with E-state index in [1.54, 1.807) is 0 Å². The monoisotopic (exact) mass is 876 g/mol. The zero-order valence-corrected chi connectivity index (χ0v) is 37.4. The lowest BCUT2D eigenvalue weighted by Crippen LogP contribution is -2.24. The maximum atomic E-state index is 6.49. The number of H-pyrrole nitrogens is 1. The average molecular weight is 877 g/mol. The molecule has 0 saturated carbocycles. The average Bonchev–Trinajstić information content (AvgIpc) is 3.87. The Labute approximate surface area is 393 Å². The number of hydrogen-bond acceptors (Lipinski definition) is 3.